The quantitative estimate of drug-likeness (QED) is 0.720. The summed E-state index contributed by atoms with van der Waals surface area (Å²) in [5.74, 6) is 0.578. The first-order valence-electron chi connectivity index (χ1n) is 8.30. The van der Waals surface area contributed by atoms with Crippen molar-refractivity contribution < 1.29 is 14.3 Å². The first kappa shape index (κ1) is 16.7. The van der Waals surface area contributed by atoms with Crippen LogP contribution in [0, 0.1) is 5.92 Å². The molecule has 1 saturated carbocycles. The summed E-state index contributed by atoms with van der Waals surface area (Å²) < 4.78 is 10.6. The molecular formula is C16H30N2O3. The fraction of sp³-hybridized carbons (Fsp3) is 0.938. The molecule has 1 aliphatic heterocycles. The van der Waals surface area contributed by atoms with E-state index in [-0.39, 0.29) is 5.97 Å². The van der Waals surface area contributed by atoms with Crippen LogP contribution in [0.5, 0.6) is 0 Å². The van der Waals surface area contributed by atoms with Crippen LogP contribution in [-0.4, -0.2) is 62.4 Å². The molecule has 1 heterocycles. The molecule has 0 aromatic carbocycles. The summed E-state index contributed by atoms with van der Waals surface area (Å²) >= 11 is 0. The topological polar surface area (TPSA) is 50.8 Å². The summed E-state index contributed by atoms with van der Waals surface area (Å²) in [6.07, 6.45) is 4.04. The molecule has 2 rings (SSSR count). The smallest absolute Gasteiger partial charge is 0.326 e. The van der Waals surface area contributed by atoms with Crippen molar-refractivity contribution in [2.75, 3.05) is 40.0 Å². The van der Waals surface area contributed by atoms with E-state index in [1.165, 1.54) is 6.42 Å². The second-order valence-corrected chi connectivity index (χ2v) is 6.33. The predicted octanol–water partition coefficient (Wildman–Crippen LogP) is 1.42. The molecule has 0 bridgehead atoms. The highest BCUT2D eigenvalue weighted by molar-refractivity contribution is 5.81. The lowest BCUT2D eigenvalue weighted by atomic mass is 9.97. The summed E-state index contributed by atoms with van der Waals surface area (Å²) in [5, 5.41) is 3.41. The van der Waals surface area contributed by atoms with Crippen molar-refractivity contribution >= 4 is 5.97 Å². The van der Waals surface area contributed by atoms with Gasteiger partial charge >= 0.3 is 5.97 Å². The third kappa shape index (κ3) is 3.76. The molecule has 0 spiro atoms. The van der Waals surface area contributed by atoms with Crippen LogP contribution in [0.1, 0.15) is 39.5 Å². The van der Waals surface area contributed by atoms with Gasteiger partial charge in [0, 0.05) is 19.7 Å². The largest absolute Gasteiger partial charge is 0.465 e. The Bertz CT molecular complexity index is 350. The Hall–Kier alpha value is -0.650. The molecule has 1 N–H and O–H groups in total. The van der Waals surface area contributed by atoms with Crippen molar-refractivity contribution in [3.05, 3.63) is 0 Å². The van der Waals surface area contributed by atoms with E-state index >= 15 is 0 Å². The number of rotatable bonds is 7. The van der Waals surface area contributed by atoms with Gasteiger partial charge in [0.25, 0.3) is 0 Å². The van der Waals surface area contributed by atoms with Crippen LogP contribution < -0.4 is 5.32 Å². The molecule has 0 aromatic heterocycles. The molecule has 122 valence electrons. The van der Waals surface area contributed by atoms with E-state index in [0.717, 1.165) is 45.5 Å². The van der Waals surface area contributed by atoms with Gasteiger partial charge in [0.15, 0.2) is 0 Å². The molecule has 0 amide bonds. The average Bonchev–Trinajstić information content (AvgIpc) is 3.08. The predicted molar refractivity (Wildman–Crippen MR) is 82.2 cm³/mol. The molecule has 0 radical (unpaired) electrons. The fourth-order valence-corrected chi connectivity index (χ4v) is 3.92. The number of esters is 1. The number of methoxy groups -OCH3 is 1. The zero-order valence-corrected chi connectivity index (χ0v) is 13.7. The maximum atomic E-state index is 12.4. The van der Waals surface area contributed by atoms with Crippen molar-refractivity contribution in [3.63, 3.8) is 0 Å². The Kier molecular flexibility index (Phi) is 6.02. The Morgan fingerprint density at radius 3 is 2.86 bits per heavy atom. The minimum atomic E-state index is -0.464. The molecule has 1 aliphatic carbocycles. The van der Waals surface area contributed by atoms with Gasteiger partial charge in [-0.3, -0.25) is 9.69 Å². The molecule has 21 heavy (non-hydrogen) atoms. The third-order valence-corrected chi connectivity index (χ3v) is 4.91. The zero-order chi connectivity index (χ0) is 15.3. The van der Waals surface area contributed by atoms with Crippen LogP contribution in [0.25, 0.3) is 0 Å². The number of carbonyl (C=O) groups is 1. The minimum absolute atomic E-state index is 0.0676. The first-order valence-corrected chi connectivity index (χ1v) is 8.30. The second-order valence-electron chi connectivity index (χ2n) is 6.33. The number of carbonyl (C=O) groups excluding carboxylic acids is 1. The molecule has 3 unspecified atom stereocenters. The van der Waals surface area contributed by atoms with Gasteiger partial charge in [-0.15, -0.1) is 0 Å². The lowest BCUT2D eigenvalue weighted by Crippen LogP contribution is -2.52. The Morgan fingerprint density at radius 2 is 2.19 bits per heavy atom. The van der Waals surface area contributed by atoms with E-state index in [9.17, 15) is 4.79 Å². The van der Waals surface area contributed by atoms with Crippen LogP contribution in [0.15, 0.2) is 0 Å². The second kappa shape index (κ2) is 7.56. The summed E-state index contributed by atoms with van der Waals surface area (Å²) in [7, 11) is 1.77. The Labute approximate surface area is 128 Å². The van der Waals surface area contributed by atoms with Gasteiger partial charge < -0.3 is 14.8 Å². The van der Waals surface area contributed by atoms with Crippen molar-refractivity contribution in [2.24, 2.45) is 5.92 Å². The van der Waals surface area contributed by atoms with Gasteiger partial charge in [-0.05, 0) is 51.6 Å². The van der Waals surface area contributed by atoms with E-state index in [2.05, 4.69) is 17.1 Å². The number of nitrogens with zero attached hydrogens (tertiary/aromatic N) is 1. The summed E-state index contributed by atoms with van der Waals surface area (Å²) in [5.41, 5.74) is -0.464. The van der Waals surface area contributed by atoms with Crippen LogP contribution >= 0.6 is 0 Å². The normalized spacial score (nSPS) is 33.5. The van der Waals surface area contributed by atoms with E-state index in [4.69, 9.17) is 9.47 Å². The summed E-state index contributed by atoms with van der Waals surface area (Å²) in [6.45, 7) is 8.26. The highest BCUT2D eigenvalue weighted by Gasteiger charge is 2.48. The maximum Gasteiger partial charge on any atom is 0.326 e. The maximum absolute atomic E-state index is 12.4. The van der Waals surface area contributed by atoms with Crippen LogP contribution in [0.3, 0.4) is 0 Å². The van der Waals surface area contributed by atoms with Crippen LogP contribution in [0.2, 0.25) is 0 Å². The molecule has 0 aromatic rings. The molecule has 2 fully saturated rings. The van der Waals surface area contributed by atoms with E-state index in [1.807, 2.05) is 6.92 Å². The van der Waals surface area contributed by atoms with Gasteiger partial charge in [-0.1, -0.05) is 6.92 Å². The van der Waals surface area contributed by atoms with Crippen molar-refractivity contribution in [1.29, 1.82) is 0 Å². The van der Waals surface area contributed by atoms with Crippen molar-refractivity contribution in [2.45, 2.75) is 51.1 Å². The van der Waals surface area contributed by atoms with E-state index in [0.29, 0.717) is 18.6 Å². The summed E-state index contributed by atoms with van der Waals surface area (Å²) in [6, 6.07) is 0.496. The lowest BCUT2D eigenvalue weighted by molar-refractivity contribution is -0.151. The van der Waals surface area contributed by atoms with Gasteiger partial charge in [0.05, 0.1) is 13.2 Å². The van der Waals surface area contributed by atoms with Gasteiger partial charge in [-0.2, -0.15) is 0 Å². The number of likely N-dealkylation sites (N-methyl/N-ethyl adjacent to an activating group) is 1. The lowest BCUT2D eigenvalue weighted by Gasteiger charge is -2.30. The highest BCUT2D eigenvalue weighted by Crippen LogP contribution is 2.36. The molecular weight excluding hydrogens is 268 g/mol. The molecule has 1 saturated heterocycles. The number of hydrogen-bond donors (Lipinski definition) is 1. The van der Waals surface area contributed by atoms with Gasteiger partial charge in [0.1, 0.15) is 5.54 Å². The van der Waals surface area contributed by atoms with Gasteiger partial charge in [0.2, 0.25) is 0 Å². The van der Waals surface area contributed by atoms with E-state index < -0.39 is 5.54 Å². The Morgan fingerprint density at radius 1 is 1.38 bits per heavy atom. The van der Waals surface area contributed by atoms with Crippen molar-refractivity contribution in [1.82, 2.24) is 10.2 Å². The zero-order valence-electron chi connectivity index (χ0n) is 13.7. The number of nitrogens with one attached hydrogen (secondary N) is 1. The van der Waals surface area contributed by atoms with Crippen molar-refractivity contribution in [3.8, 4) is 0 Å². The molecule has 5 nitrogen and oxygen atoms in total. The SMILES string of the molecule is CCNC1(C(=O)OCC)CCC(N2CCC(COC)C2)C1. The van der Waals surface area contributed by atoms with E-state index in [1.54, 1.807) is 7.11 Å². The third-order valence-electron chi connectivity index (χ3n) is 4.91. The molecule has 5 heteroatoms. The van der Waals surface area contributed by atoms with Gasteiger partial charge in [-0.25, -0.2) is 0 Å². The minimum Gasteiger partial charge on any atom is -0.465 e. The molecule has 2 aliphatic rings. The number of hydrogen-bond acceptors (Lipinski definition) is 5. The number of ether oxygens (including phenoxy) is 2. The monoisotopic (exact) mass is 298 g/mol. The standard InChI is InChI=1S/C16H30N2O3/c1-4-17-16(15(19)21-5-2)8-6-14(10-16)18-9-7-13(11-18)12-20-3/h13-14,17H,4-12H2,1-3H3. The summed E-state index contributed by atoms with van der Waals surface area (Å²) in [4.78, 5) is 14.9. The van der Waals surface area contributed by atoms with Crippen LogP contribution in [-0.2, 0) is 14.3 Å². The number of likely N-dealkylation sites (tertiary alicyclic amines) is 1. The first-order chi connectivity index (χ1) is 10.1. The molecule has 3 atom stereocenters. The average molecular weight is 298 g/mol. The highest BCUT2D eigenvalue weighted by atomic mass is 16.5. The van der Waals surface area contributed by atoms with Crippen LogP contribution in [0.4, 0.5) is 0 Å². The Balaban J connectivity index is 1.95. The fourth-order valence-electron chi connectivity index (χ4n) is 3.92.